The highest BCUT2D eigenvalue weighted by molar-refractivity contribution is 6.04. The summed E-state index contributed by atoms with van der Waals surface area (Å²) in [7, 11) is 0. The third kappa shape index (κ3) is 3.89. The molecule has 0 saturated carbocycles. The van der Waals surface area contributed by atoms with Crippen LogP contribution in [0.15, 0.2) is 77.4 Å². The molecule has 0 spiro atoms. The molecule has 4 rings (SSSR count). The van der Waals surface area contributed by atoms with E-state index in [2.05, 4.69) is 10.6 Å². The first-order chi connectivity index (χ1) is 14.1. The molecule has 1 fully saturated rings. The molecule has 0 radical (unpaired) electrons. The van der Waals surface area contributed by atoms with Gasteiger partial charge in [-0.3, -0.25) is 14.4 Å². The van der Waals surface area contributed by atoms with Gasteiger partial charge in [0.2, 0.25) is 5.91 Å². The highest BCUT2D eigenvalue weighted by Gasteiger charge is 2.34. The highest BCUT2D eigenvalue weighted by atomic mass is 16.3. The lowest BCUT2D eigenvalue weighted by Crippen LogP contribution is -2.52. The zero-order chi connectivity index (χ0) is 20.2. The summed E-state index contributed by atoms with van der Waals surface area (Å²) in [6.07, 6.45) is 1.42. The Balaban J connectivity index is 1.58. The Morgan fingerprint density at radius 3 is 2.62 bits per heavy atom. The van der Waals surface area contributed by atoms with E-state index < -0.39 is 11.9 Å². The van der Waals surface area contributed by atoms with Crippen LogP contribution in [0.2, 0.25) is 0 Å². The SMILES string of the molecule is O=C(Nc1cccc(C(=O)N2CCNC(=O)C2c2ccccc2)c1)c1ccco1. The molecule has 7 nitrogen and oxygen atoms in total. The van der Waals surface area contributed by atoms with Crippen LogP contribution in [0.4, 0.5) is 5.69 Å². The molecule has 1 saturated heterocycles. The number of piperazine rings is 1. The van der Waals surface area contributed by atoms with Gasteiger partial charge in [-0.25, -0.2) is 0 Å². The second-order valence-corrected chi connectivity index (χ2v) is 6.62. The predicted octanol–water partition coefficient (Wildman–Crippen LogP) is 2.85. The van der Waals surface area contributed by atoms with Crippen molar-refractivity contribution in [3.8, 4) is 0 Å². The summed E-state index contributed by atoms with van der Waals surface area (Å²) in [6.45, 7) is 0.788. The van der Waals surface area contributed by atoms with Crippen LogP contribution in [-0.4, -0.2) is 35.7 Å². The van der Waals surface area contributed by atoms with Crippen LogP contribution in [0, 0.1) is 0 Å². The van der Waals surface area contributed by atoms with E-state index in [-0.39, 0.29) is 17.6 Å². The van der Waals surface area contributed by atoms with Crippen LogP contribution < -0.4 is 10.6 Å². The molecule has 2 N–H and O–H groups in total. The number of hydrogen-bond donors (Lipinski definition) is 2. The van der Waals surface area contributed by atoms with Gasteiger partial charge >= 0.3 is 0 Å². The Labute approximate surface area is 167 Å². The third-order valence-corrected chi connectivity index (χ3v) is 4.70. The average molecular weight is 389 g/mol. The van der Waals surface area contributed by atoms with Crippen molar-refractivity contribution in [3.63, 3.8) is 0 Å². The largest absolute Gasteiger partial charge is 0.459 e. The van der Waals surface area contributed by atoms with Crippen LogP contribution in [0.25, 0.3) is 0 Å². The maximum absolute atomic E-state index is 13.2. The number of carbonyl (C=O) groups is 3. The Hall–Kier alpha value is -3.87. The van der Waals surface area contributed by atoms with E-state index in [4.69, 9.17) is 4.42 Å². The number of furan rings is 1. The van der Waals surface area contributed by atoms with Crippen LogP contribution in [0.5, 0.6) is 0 Å². The van der Waals surface area contributed by atoms with E-state index in [1.165, 1.54) is 6.26 Å². The first-order valence-electron chi connectivity index (χ1n) is 9.22. The van der Waals surface area contributed by atoms with E-state index in [1.807, 2.05) is 30.3 Å². The molecule has 29 heavy (non-hydrogen) atoms. The first-order valence-corrected chi connectivity index (χ1v) is 9.22. The molecule has 7 heteroatoms. The van der Waals surface area contributed by atoms with Crippen LogP contribution >= 0.6 is 0 Å². The van der Waals surface area contributed by atoms with Gasteiger partial charge in [-0.15, -0.1) is 0 Å². The van der Waals surface area contributed by atoms with Crippen molar-refractivity contribution in [1.82, 2.24) is 10.2 Å². The van der Waals surface area contributed by atoms with Crippen LogP contribution in [0.1, 0.15) is 32.5 Å². The summed E-state index contributed by atoms with van der Waals surface area (Å²) in [6, 6.07) is 18.3. The quantitative estimate of drug-likeness (QED) is 0.718. The number of amides is 3. The van der Waals surface area contributed by atoms with E-state index in [0.29, 0.717) is 24.3 Å². The molecule has 0 aliphatic carbocycles. The number of nitrogens with one attached hydrogen (secondary N) is 2. The number of nitrogens with zero attached hydrogens (tertiary/aromatic N) is 1. The monoisotopic (exact) mass is 389 g/mol. The van der Waals surface area contributed by atoms with Crippen molar-refractivity contribution in [3.05, 3.63) is 89.9 Å². The van der Waals surface area contributed by atoms with E-state index in [1.54, 1.807) is 41.3 Å². The number of carbonyl (C=O) groups excluding carboxylic acids is 3. The lowest BCUT2D eigenvalue weighted by atomic mass is 10.0. The number of hydrogen-bond acceptors (Lipinski definition) is 4. The van der Waals surface area contributed by atoms with Gasteiger partial charge in [0.15, 0.2) is 5.76 Å². The zero-order valence-electron chi connectivity index (χ0n) is 15.5. The van der Waals surface area contributed by atoms with Gasteiger partial charge in [0.25, 0.3) is 11.8 Å². The topological polar surface area (TPSA) is 91.7 Å². The van der Waals surface area contributed by atoms with Crippen molar-refractivity contribution in [2.75, 3.05) is 18.4 Å². The second-order valence-electron chi connectivity index (χ2n) is 6.62. The molecule has 146 valence electrons. The molecule has 1 aromatic heterocycles. The van der Waals surface area contributed by atoms with Crippen molar-refractivity contribution < 1.29 is 18.8 Å². The van der Waals surface area contributed by atoms with E-state index >= 15 is 0 Å². The smallest absolute Gasteiger partial charge is 0.291 e. The molecule has 3 aromatic rings. The fraction of sp³-hybridized carbons (Fsp3) is 0.136. The fourth-order valence-electron chi connectivity index (χ4n) is 3.35. The minimum atomic E-state index is -0.696. The van der Waals surface area contributed by atoms with Crippen molar-refractivity contribution >= 4 is 23.4 Å². The first kappa shape index (κ1) is 18.5. The summed E-state index contributed by atoms with van der Waals surface area (Å²) in [5, 5.41) is 5.53. The van der Waals surface area contributed by atoms with Gasteiger partial charge < -0.3 is 20.0 Å². The molecule has 1 unspecified atom stereocenters. The standard InChI is InChI=1S/C22H19N3O4/c26-20(18-10-5-13-29-18)24-17-9-4-8-16(14-17)22(28)25-12-11-23-21(27)19(25)15-6-2-1-3-7-15/h1-10,13-14,19H,11-12H2,(H,23,27)(H,24,26). The molecule has 3 amide bonds. The van der Waals surface area contributed by atoms with Gasteiger partial charge in [-0.1, -0.05) is 36.4 Å². The van der Waals surface area contributed by atoms with E-state index in [0.717, 1.165) is 5.56 Å². The molecule has 0 bridgehead atoms. The highest BCUT2D eigenvalue weighted by Crippen LogP contribution is 2.26. The summed E-state index contributed by atoms with van der Waals surface area (Å²) >= 11 is 0. The van der Waals surface area contributed by atoms with Gasteiger partial charge in [0.1, 0.15) is 6.04 Å². The lowest BCUT2D eigenvalue weighted by Gasteiger charge is -2.35. The summed E-state index contributed by atoms with van der Waals surface area (Å²) < 4.78 is 5.08. The Bertz CT molecular complexity index is 1030. The third-order valence-electron chi connectivity index (χ3n) is 4.70. The minimum absolute atomic E-state index is 0.179. The molecule has 1 aliphatic heterocycles. The average Bonchev–Trinajstić information content (AvgIpc) is 3.29. The Morgan fingerprint density at radius 2 is 1.86 bits per heavy atom. The predicted molar refractivity (Wildman–Crippen MR) is 106 cm³/mol. The second kappa shape index (κ2) is 8.02. The lowest BCUT2D eigenvalue weighted by molar-refractivity contribution is -0.128. The van der Waals surface area contributed by atoms with Crippen LogP contribution in [-0.2, 0) is 4.79 Å². The fourth-order valence-corrected chi connectivity index (χ4v) is 3.35. The summed E-state index contributed by atoms with van der Waals surface area (Å²) in [4.78, 5) is 39.5. The maximum atomic E-state index is 13.2. The molecule has 1 aliphatic rings. The van der Waals surface area contributed by atoms with Crippen molar-refractivity contribution in [1.29, 1.82) is 0 Å². The van der Waals surface area contributed by atoms with Crippen molar-refractivity contribution in [2.24, 2.45) is 0 Å². The van der Waals surface area contributed by atoms with Gasteiger partial charge in [-0.05, 0) is 35.9 Å². The number of anilines is 1. The van der Waals surface area contributed by atoms with Crippen molar-refractivity contribution in [2.45, 2.75) is 6.04 Å². The Morgan fingerprint density at radius 1 is 1.03 bits per heavy atom. The Kier molecular flexibility index (Phi) is 5.11. The molecule has 2 aromatic carbocycles. The molecule has 2 heterocycles. The summed E-state index contributed by atoms with van der Waals surface area (Å²) in [5.41, 5.74) is 1.60. The van der Waals surface area contributed by atoms with E-state index in [9.17, 15) is 14.4 Å². The molecule has 1 atom stereocenters. The summed E-state index contributed by atoms with van der Waals surface area (Å²) in [5.74, 6) is -0.710. The maximum Gasteiger partial charge on any atom is 0.291 e. The molecular formula is C22H19N3O4. The number of benzene rings is 2. The van der Waals surface area contributed by atoms with Gasteiger partial charge in [0.05, 0.1) is 6.26 Å². The minimum Gasteiger partial charge on any atom is -0.459 e. The number of rotatable bonds is 4. The van der Waals surface area contributed by atoms with Gasteiger partial charge in [-0.2, -0.15) is 0 Å². The molecular weight excluding hydrogens is 370 g/mol. The van der Waals surface area contributed by atoms with Crippen LogP contribution in [0.3, 0.4) is 0 Å². The van der Waals surface area contributed by atoms with Gasteiger partial charge in [0, 0.05) is 24.3 Å². The zero-order valence-corrected chi connectivity index (χ0v) is 15.5. The normalized spacial score (nSPS) is 16.2.